The maximum Gasteiger partial charge on any atom is 0.106 e. The van der Waals surface area contributed by atoms with Crippen molar-refractivity contribution in [3.05, 3.63) is 53.6 Å². The topological polar surface area (TPSA) is 41.7 Å². The van der Waals surface area contributed by atoms with Gasteiger partial charge in [-0.1, -0.05) is 6.07 Å². The Morgan fingerprint density at radius 1 is 1.56 bits per heavy atom. The van der Waals surface area contributed by atoms with Crippen LogP contribution in [-0.2, 0) is 5.75 Å². The fourth-order valence-electron chi connectivity index (χ4n) is 2.19. The van der Waals surface area contributed by atoms with Gasteiger partial charge in [-0.25, -0.2) is 0 Å². The van der Waals surface area contributed by atoms with Crippen LogP contribution in [0, 0.1) is 5.41 Å². The number of thioether (sulfide) groups is 2. The largest absolute Gasteiger partial charge is 0.333 e. The van der Waals surface area contributed by atoms with E-state index in [9.17, 15) is 0 Å². The smallest absolute Gasteiger partial charge is 0.106 e. The molecule has 1 aliphatic heterocycles. The molecule has 0 saturated carbocycles. The first-order valence-corrected chi connectivity index (χ1v) is 7.92. The van der Waals surface area contributed by atoms with E-state index in [1.165, 1.54) is 23.0 Å². The number of aromatic nitrogens is 2. The first-order valence-electron chi connectivity index (χ1n) is 5.65. The van der Waals surface area contributed by atoms with E-state index >= 15 is 0 Å². The summed E-state index contributed by atoms with van der Waals surface area (Å²) >= 11 is 3.38. The molecule has 18 heavy (non-hydrogen) atoms. The third-order valence-electron chi connectivity index (χ3n) is 3.07. The number of nitrogens with one attached hydrogen (secondary N) is 1. The number of nitrogens with zero attached hydrogens (tertiary/aromatic N) is 2. The van der Waals surface area contributed by atoms with Crippen molar-refractivity contribution >= 4 is 28.6 Å². The lowest BCUT2D eigenvalue weighted by Gasteiger charge is -2.12. The zero-order valence-electron chi connectivity index (χ0n) is 9.96. The second kappa shape index (κ2) is 4.82. The summed E-state index contributed by atoms with van der Waals surface area (Å²) in [6, 6.07) is 6.14. The highest BCUT2D eigenvalue weighted by atomic mass is 32.2. The van der Waals surface area contributed by atoms with Gasteiger partial charge in [-0.05, 0) is 18.4 Å². The molecule has 5 heteroatoms. The van der Waals surface area contributed by atoms with Gasteiger partial charge in [-0.2, -0.15) is 0 Å². The Bertz CT molecular complexity index is 577. The van der Waals surface area contributed by atoms with Crippen molar-refractivity contribution in [1.29, 1.82) is 5.41 Å². The predicted octanol–water partition coefficient (Wildman–Crippen LogP) is 3.37. The summed E-state index contributed by atoms with van der Waals surface area (Å²) in [5, 5.41) is 8.91. The molecule has 0 spiro atoms. The van der Waals surface area contributed by atoms with Gasteiger partial charge >= 0.3 is 0 Å². The Labute approximate surface area is 115 Å². The van der Waals surface area contributed by atoms with Gasteiger partial charge in [0, 0.05) is 41.2 Å². The van der Waals surface area contributed by atoms with Gasteiger partial charge in [0.05, 0.1) is 5.04 Å². The zero-order valence-corrected chi connectivity index (χ0v) is 11.6. The first-order chi connectivity index (χ1) is 8.81. The number of rotatable bonds is 2. The van der Waals surface area contributed by atoms with Crippen molar-refractivity contribution in [3.63, 3.8) is 0 Å². The van der Waals surface area contributed by atoms with Gasteiger partial charge in [-0.3, -0.25) is 10.4 Å². The van der Waals surface area contributed by atoms with Crippen LogP contribution in [0.15, 0.2) is 36.8 Å². The van der Waals surface area contributed by atoms with E-state index < -0.39 is 0 Å². The van der Waals surface area contributed by atoms with Crippen molar-refractivity contribution in [2.45, 2.75) is 11.1 Å². The minimum Gasteiger partial charge on any atom is -0.333 e. The van der Waals surface area contributed by atoms with Gasteiger partial charge in [0.15, 0.2) is 0 Å². The minimum absolute atomic E-state index is 0.303. The first kappa shape index (κ1) is 11.9. The molecule has 3 nitrogen and oxygen atoms in total. The fraction of sp³-hybridized carbons (Fsp3) is 0.231. The van der Waals surface area contributed by atoms with Crippen LogP contribution >= 0.6 is 23.5 Å². The Morgan fingerprint density at radius 3 is 3.17 bits per heavy atom. The van der Waals surface area contributed by atoms with Crippen molar-refractivity contribution in [3.8, 4) is 0 Å². The van der Waals surface area contributed by atoms with Crippen LogP contribution in [0.5, 0.6) is 0 Å². The SMILES string of the molecule is CSC(=N)c1ccn2c1CSC2c1cccnc1. The summed E-state index contributed by atoms with van der Waals surface area (Å²) < 4.78 is 2.27. The predicted molar refractivity (Wildman–Crippen MR) is 78.4 cm³/mol. The Hall–Kier alpha value is -1.20. The number of fused-ring (bicyclic) bond motifs is 1. The van der Waals surface area contributed by atoms with E-state index in [1.54, 1.807) is 6.20 Å². The van der Waals surface area contributed by atoms with Gasteiger partial charge in [0.2, 0.25) is 0 Å². The fourth-order valence-corrected chi connectivity index (χ4v) is 3.90. The van der Waals surface area contributed by atoms with Gasteiger partial charge in [0.1, 0.15) is 5.37 Å². The molecule has 0 saturated heterocycles. The van der Waals surface area contributed by atoms with E-state index in [0.717, 1.165) is 11.3 Å². The molecule has 2 aromatic rings. The average Bonchev–Trinajstić information content (AvgIpc) is 3.00. The standard InChI is InChI=1S/C13H13N3S2/c1-17-12(14)10-4-6-16-11(10)8-18-13(16)9-3-2-5-15-7-9/h2-7,13-14H,8H2,1H3. The average molecular weight is 275 g/mol. The molecule has 0 radical (unpaired) electrons. The quantitative estimate of drug-likeness (QED) is 0.675. The molecule has 1 atom stereocenters. The normalized spacial score (nSPS) is 17.7. The van der Waals surface area contributed by atoms with Gasteiger partial charge < -0.3 is 4.57 Å². The molecule has 92 valence electrons. The van der Waals surface area contributed by atoms with Crippen LogP contribution in [0.25, 0.3) is 0 Å². The molecule has 2 aromatic heterocycles. The van der Waals surface area contributed by atoms with Crippen molar-refractivity contribution in [2.75, 3.05) is 6.26 Å². The number of hydrogen-bond acceptors (Lipinski definition) is 4. The lowest BCUT2D eigenvalue weighted by atomic mass is 10.2. The van der Waals surface area contributed by atoms with E-state index in [2.05, 4.69) is 27.9 Å². The summed E-state index contributed by atoms with van der Waals surface area (Å²) in [7, 11) is 0. The maximum atomic E-state index is 7.96. The Kier molecular flexibility index (Phi) is 3.18. The Balaban J connectivity index is 1.99. The number of hydrogen-bond donors (Lipinski definition) is 1. The summed E-state index contributed by atoms with van der Waals surface area (Å²) in [6.45, 7) is 0. The summed E-state index contributed by atoms with van der Waals surface area (Å²) in [5.41, 5.74) is 3.55. The number of pyridine rings is 1. The second-order valence-corrected chi connectivity index (χ2v) is 5.95. The van der Waals surface area contributed by atoms with Crippen LogP contribution in [0.4, 0.5) is 0 Å². The molecule has 1 unspecified atom stereocenters. The van der Waals surface area contributed by atoms with Crippen molar-refractivity contribution < 1.29 is 0 Å². The van der Waals surface area contributed by atoms with E-state index in [1.807, 2.05) is 30.3 Å². The molecule has 1 N–H and O–H groups in total. The minimum atomic E-state index is 0.303. The van der Waals surface area contributed by atoms with Crippen LogP contribution in [0.2, 0.25) is 0 Å². The highest BCUT2D eigenvalue weighted by molar-refractivity contribution is 8.13. The third-order valence-corrected chi connectivity index (χ3v) is 4.96. The molecule has 0 bridgehead atoms. The second-order valence-electron chi connectivity index (χ2n) is 4.07. The molecule has 3 rings (SSSR count). The van der Waals surface area contributed by atoms with Crippen LogP contribution in [0.3, 0.4) is 0 Å². The van der Waals surface area contributed by atoms with E-state index in [-0.39, 0.29) is 0 Å². The van der Waals surface area contributed by atoms with E-state index in [4.69, 9.17) is 5.41 Å². The van der Waals surface area contributed by atoms with Gasteiger partial charge in [0.25, 0.3) is 0 Å². The van der Waals surface area contributed by atoms with Crippen LogP contribution in [-0.4, -0.2) is 20.9 Å². The Morgan fingerprint density at radius 2 is 2.44 bits per heavy atom. The third kappa shape index (κ3) is 1.87. The highest BCUT2D eigenvalue weighted by Gasteiger charge is 2.27. The molecule has 3 heterocycles. The lowest BCUT2D eigenvalue weighted by molar-refractivity contribution is 0.777. The molecule has 0 amide bonds. The molecular weight excluding hydrogens is 262 g/mol. The summed E-state index contributed by atoms with van der Waals surface area (Å²) in [4.78, 5) is 4.19. The van der Waals surface area contributed by atoms with Crippen LogP contribution in [0.1, 0.15) is 22.2 Å². The zero-order chi connectivity index (χ0) is 12.5. The maximum absolute atomic E-state index is 7.96. The van der Waals surface area contributed by atoms with Crippen molar-refractivity contribution in [2.24, 2.45) is 0 Å². The van der Waals surface area contributed by atoms with E-state index in [0.29, 0.717) is 10.4 Å². The molecular formula is C13H13N3S2. The molecule has 1 aliphatic rings. The van der Waals surface area contributed by atoms with Gasteiger partial charge in [-0.15, -0.1) is 23.5 Å². The monoisotopic (exact) mass is 275 g/mol. The summed E-state index contributed by atoms with van der Waals surface area (Å²) in [5.74, 6) is 0.963. The molecule has 0 fully saturated rings. The lowest BCUT2D eigenvalue weighted by Crippen LogP contribution is -2.03. The molecule has 0 aliphatic carbocycles. The van der Waals surface area contributed by atoms with Crippen LogP contribution < -0.4 is 0 Å². The highest BCUT2D eigenvalue weighted by Crippen LogP contribution is 2.42. The van der Waals surface area contributed by atoms with Crippen molar-refractivity contribution in [1.82, 2.24) is 9.55 Å². The summed E-state index contributed by atoms with van der Waals surface area (Å²) in [6.07, 6.45) is 7.76. The molecule has 0 aromatic carbocycles.